The quantitative estimate of drug-likeness (QED) is 0.173. The van der Waals surface area contributed by atoms with Gasteiger partial charge in [-0.3, -0.25) is 4.90 Å². The fraction of sp³-hybridized carbons (Fsp3) is 0.273. The van der Waals surface area contributed by atoms with Crippen molar-refractivity contribution < 1.29 is 35.5 Å². The molecular formula is C33H28F7NOS. The predicted octanol–water partition coefficient (Wildman–Crippen LogP) is 9.26. The van der Waals surface area contributed by atoms with Gasteiger partial charge >= 0.3 is 12.4 Å². The summed E-state index contributed by atoms with van der Waals surface area (Å²) in [5.41, 5.74) is -3.75. The lowest BCUT2D eigenvalue weighted by Crippen LogP contribution is -2.55. The van der Waals surface area contributed by atoms with Gasteiger partial charge in [0.05, 0.1) is 11.4 Å². The summed E-state index contributed by atoms with van der Waals surface area (Å²) < 4.78 is 104. The molecule has 0 radical (unpaired) electrons. The van der Waals surface area contributed by atoms with Gasteiger partial charge in [0.1, 0.15) is 5.82 Å². The molecule has 1 heterocycles. The highest BCUT2D eigenvalue weighted by atomic mass is 32.2. The van der Waals surface area contributed by atoms with Crippen molar-refractivity contribution in [2.45, 2.75) is 47.2 Å². The molecule has 43 heavy (non-hydrogen) atoms. The van der Waals surface area contributed by atoms with E-state index in [-0.39, 0.29) is 5.56 Å². The molecule has 0 spiro atoms. The van der Waals surface area contributed by atoms with Crippen LogP contribution < -0.4 is 0 Å². The molecule has 4 aromatic rings. The Bertz CT molecular complexity index is 1460. The fourth-order valence-electron chi connectivity index (χ4n) is 5.45. The Labute approximate surface area is 249 Å². The Morgan fingerprint density at radius 3 is 1.81 bits per heavy atom. The zero-order valence-electron chi connectivity index (χ0n) is 22.8. The van der Waals surface area contributed by atoms with Gasteiger partial charge in [0, 0.05) is 30.1 Å². The fourth-order valence-corrected chi connectivity index (χ4v) is 6.87. The van der Waals surface area contributed by atoms with Gasteiger partial charge in [-0.05, 0) is 47.4 Å². The number of alkyl halides is 6. The monoisotopic (exact) mass is 619 g/mol. The van der Waals surface area contributed by atoms with Gasteiger partial charge in [-0.15, -0.1) is 11.8 Å². The maximum Gasteiger partial charge on any atom is 0.430 e. The number of nitrogens with zero attached hydrogens (tertiary/aromatic N) is 1. The van der Waals surface area contributed by atoms with Gasteiger partial charge in [-0.2, -0.15) is 26.3 Å². The van der Waals surface area contributed by atoms with E-state index in [1.807, 2.05) is 30.3 Å². The molecule has 1 fully saturated rings. The first-order valence-electron chi connectivity index (χ1n) is 13.6. The normalized spacial score (nSPS) is 18.2. The third kappa shape index (κ3) is 6.61. The Balaban J connectivity index is 1.50. The van der Waals surface area contributed by atoms with Crippen LogP contribution in [0.2, 0.25) is 0 Å². The molecule has 1 saturated heterocycles. The SMILES string of the molecule is Fc1ccc(SC2(c3ccc(C(OCc4ccccc4)(C(F)(F)F)C(F)(F)F)cc3)CCN(Cc3ccccc3)C2)cc1. The smallest absolute Gasteiger partial charge is 0.349 e. The van der Waals surface area contributed by atoms with Crippen LogP contribution in [0.3, 0.4) is 0 Å². The van der Waals surface area contributed by atoms with Gasteiger partial charge in [-0.1, -0.05) is 84.9 Å². The lowest BCUT2D eigenvalue weighted by atomic mass is 9.88. The zero-order valence-corrected chi connectivity index (χ0v) is 23.7. The van der Waals surface area contributed by atoms with Gasteiger partial charge in [0.15, 0.2) is 0 Å². The van der Waals surface area contributed by atoms with Crippen LogP contribution >= 0.6 is 11.8 Å². The molecule has 0 saturated carbocycles. The van der Waals surface area contributed by atoms with E-state index < -0.39 is 40.7 Å². The van der Waals surface area contributed by atoms with Crippen LogP contribution in [-0.2, 0) is 28.2 Å². The number of benzene rings is 4. The van der Waals surface area contributed by atoms with Crippen molar-refractivity contribution in [1.29, 1.82) is 0 Å². The summed E-state index contributed by atoms with van der Waals surface area (Å²) in [6, 6.07) is 27.5. The van der Waals surface area contributed by atoms with Crippen LogP contribution in [0.4, 0.5) is 30.7 Å². The molecule has 10 heteroatoms. The van der Waals surface area contributed by atoms with Crippen LogP contribution in [0.25, 0.3) is 0 Å². The molecule has 0 N–H and O–H groups in total. The number of hydrogen-bond donors (Lipinski definition) is 0. The maximum absolute atomic E-state index is 14.4. The van der Waals surface area contributed by atoms with E-state index in [0.717, 1.165) is 22.6 Å². The Morgan fingerprint density at radius 1 is 0.698 bits per heavy atom. The first-order chi connectivity index (χ1) is 20.4. The minimum absolute atomic E-state index is 0.177. The summed E-state index contributed by atoms with van der Waals surface area (Å²) >= 11 is 1.42. The summed E-state index contributed by atoms with van der Waals surface area (Å²) in [5, 5.41) is 0. The van der Waals surface area contributed by atoms with Crippen LogP contribution in [0.15, 0.2) is 114 Å². The second-order valence-electron chi connectivity index (χ2n) is 10.5. The molecule has 226 valence electrons. The van der Waals surface area contributed by atoms with Crippen molar-refractivity contribution in [1.82, 2.24) is 4.90 Å². The van der Waals surface area contributed by atoms with Crippen molar-refractivity contribution in [3.05, 3.63) is 137 Å². The van der Waals surface area contributed by atoms with E-state index >= 15 is 0 Å². The summed E-state index contributed by atoms with van der Waals surface area (Å²) in [6.07, 6.45) is -11.0. The van der Waals surface area contributed by atoms with Crippen molar-refractivity contribution in [2.24, 2.45) is 0 Å². The molecule has 5 rings (SSSR count). The number of hydrogen-bond acceptors (Lipinski definition) is 3. The number of thioether (sulfide) groups is 1. The zero-order chi connectivity index (χ0) is 30.7. The van der Waals surface area contributed by atoms with E-state index in [4.69, 9.17) is 4.74 Å². The predicted molar refractivity (Wildman–Crippen MR) is 152 cm³/mol. The average Bonchev–Trinajstić information content (AvgIpc) is 3.37. The number of ether oxygens (including phenoxy) is 1. The molecule has 2 nitrogen and oxygen atoms in total. The summed E-state index contributed by atoms with van der Waals surface area (Å²) in [7, 11) is 0. The summed E-state index contributed by atoms with van der Waals surface area (Å²) in [4.78, 5) is 2.93. The maximum atomic E-state index is 14.4. The first-order valence-corrected chi connectivity index (χ1v) is 14.4. The van der Waals surface area contributed by atoms with Crippen molar-refractivity contribution in [2.75, 3.05) is 13.1 Å². The molecule has 1 unspecified atom stereocenters. The lowest BCUT2D eigenvalue weighted by Gasteiger charge is -2.38. The third-order valence-corrected chi connectivity index (χ3v) is 9.07. The molecule has 0 amide bonds. The van der Waals surface area contributed by atoms with Crippen molar-refractivity contribution in [3.8, 4) is 0 Å². The molecule has 1 atom stereocenters. The van der Waals surface area contributed by atoms with E-state index in [1.54, 1.807) is 18.2 Å². The van der Waals surface area contributed by atoms with Crippen LogP contribution in [0.5, 0.6) is 0 Å². The van der Waals surface area contributed by atoms with Crippen LogP contribution in [-0.4, -0.2) is 30.3 Å². The second-order valence-corrected chi connectivity index (χ2v) is 12.0. The second kappa shape index (κ2) is 12.3. The highest BCUT2D eigenvalue weighted by Crippen LogP contribution is 2.54. The molecule has 0 aliphatic carbocycles. The van der Waals surface area contributed by atoms with Crippen LogP contribution in [0.1, 0.15) is 28.7 Å². The molecule has 1 aliphatic rings. The standard InChI is InChI=1S/C33H28F7NOS/c34-28-15-17-29(18-16-28)43-30(19-20-41(23-30)21-24-7-3-1-4-8-24)26-11-13-27(14-12-26)31(32(35,36)37,33(38,39)40)42-22-25-9-5-2-6-10-25/h1-18H,19-23H2. The van der Waals surface area contributed by atoms with Gasteiger partial charge in [0.2, 0.25) is 0 Å². The number of rotatable bonds is 9. The summed E-state index contributed by atoms with van der Waals surface area (Å²) in [5.74, 6) is -0.411. The first kappa shape index (κ1) is 31.1. The average molecular weight is 620 g/mol. The Morgan fingerprint density at radius 2 is 1.26 bits per heavy atom. The van der Waals surface area contributed by atoms with E-state index in [9.17, 15) is 30.7 Å². The molecular weight excluding hydrogens is 591 g/mol. The molecule has 0 bridgehead atoms. The largest absolute Gasteiger partial charge is 0.430 e. The highest BCUT2D eigenvalue weighted by Gasteiger charge is 2.73. The molecule has 1 aliphatic heterocycles. The Kier molecular flexibility index (Phi) is 8.92. The van der Waals surface area contributed by atoms with Gasteiger partial charge in [-0.25, -0.2) is 4.39 Å². The van der Waals surface area contributed by atoms with Gasteiger partial charge < -0.3 is 4.74 Å². The number of halogens is 7. The summed E-state index contributed by atoms with van der Waals surface area (Å²) in [6.45, 7) is 0.876. The third-order valence-electron chi connectivity index (χ3n) is 7.60. The minimum Gasteiger partial charge on any atom is -0.349 e. The van der Waals surface area contributed by atoms with Crippen LogP contribution in [0, 0.1) is 5.82 Å². The van der Waals surface area contributed by atoms with Gasteiger partial charge in [0.25, 0.3) is 5.60 Å². The minimum atomic E-state index is -5.79. The molecule has 4 aromatic carbocycles. The van der Waals surface area contributed by atoms with E-state index in [2.05, 4.69) is 4.90 Å². The lowest BCUT2D eigenvalue weighted by molar-refractivity contribution is -0.392. The van der Waals surface area contributed by atoms with E-state index in [0.29, 0.717) is 31.6 Å². The van der Waals surface area contributed by atoms with E-state index in [1.165, 1.54) is 60.3 Å². The topological polar surface area (TPSA) is 12.5 Å². The highest BCUT2D eigenvalue weighted by molar-refractivity contribution is 8.00. The Hall–Kier alpha value is -3.34. The molecule has 0 aromatic heterocycles. The number of likely N-dealkylation sites (tertiary alicyclic amines) is 1. The van der Waals surface area contributed by atoms with Crippen molar-refractivity contribution in [3.63, 3.8) is 0 Å². The van der Waals surface area contributed by atoms with Crippen molar-refractivity contribution >= 4 is 11.8 Å².